The monoisotopic (exact) mass is 916 g/mol. The van der Waals surface area contributed by atoms with E-state index in [4.69, 9.17) is 0 Å². The number of hydrogen-bond donors (Lipinski definition) is 2. The van der Waals surface area contributed by atoms with Gasteiger partial charge in [0.05, 0.1) is 17.3 Å². The van der Waals surface area contributed by atoms with E-state index in [9.17, 15) is 9.59 Å². The van der Waals surface area contributed by atoms with Gasteiger partial charge in [-0.15, -0.1) is 11.1 Å². The van der Waals surface area contributed by atoms with Gasteiger partial charge in [0.2, 0.25) is 11.6 Å². The summed E-state index contributed by atoms with van der Waals surface area (Å²) in [4.78, 5) is 34.6. The summed E-state index contributed by atoms with van der Waals surface area (Å²) in [6.07, 6.45) is 0. The number of ketones is 2. The Morgan fingerprint density at radius 1 is 0.466 bits per heavy atom. The second kappa shape index (κ2) is 18.8. The molecule has 2 aromatic heterocycles. The number of rotatable bonds is 13. The summed E-state index contributed by atoms with van der Waals surface area (Å²) in [6, 6.07) is 31.4. The molecule has 2 N–H and O–H groups in total. The van der Waals surface area contributed by atoms with E-state index >= 15 is 0 Å². The van der Waals surface area contributed by atoms with Crippen LogP contribution in [-0.2, 0) is 0 Å². The third kappa shape index (κ3) is 9.33. The Bertz CT molecular complexity index is 2130. The van der Waals surface area contributed by atoms with Crippen molar-refractivity contribution in [2.24, 2.45) is 0 Å². The first kappa shape index (κ1) is 44.9. The van der Waals surface area contributed by atoms with Gasteiger partial charge in [-0.3, -0.25) is 9.59 Å². The molecule has 0 aliphatic carbocycles. The largest absolute Gasteiger partial charge is 0.355 e. The van der Waals surface area contributed by atoms with Gasteiger partial charge in [0.15, 0.2) is 0 Å². The number of aromatic nitrogens is 2. The van der Waals surface area contributed by atoms with Gasteiger partial charge in [0.1, 0.15) is 16.1 Å². The molecule has 0 bridgehead atoms. The summed E-state index contributed by atoms with van der Waals surface area (Å²) in [5.74, 6) is 6.58. The Morgan fingerprint density at radius 2 is 0.793 bits per heavy atom. The van der Waals surface area contributed by atoms with Gasteiger partial charge >= 0.3 is 0 Å². The van der Waals surface area contributed by atoms with Crippen LogP contribution in [0.15, 0.2) is 97.1 Å². The van der Waals surface area contributed by atoms with Gasteiger partial charge in [0, 0.05) is 37.2 Å². The molecule has 0 spiro atoms. The molecule has 4 nitrogen and oxygen atoms in total. The molecule has 0 aliphatic rings. The Balaban J connectivity index is 1.40. The molecule has 5 rings (SSSR count). The zero-order valence-corrected chi connectivity index (χ0v) is 40.6. The Morgan fingerprint density at radius 3 is 1.10 bits per heavy atom. The SMILES string of the molecule is CC(C)[Si](C#Cc1ccc(C(=O)c2ccc(C(c3ccc(I)cc3)c3ccc(C(=O)c4ccc(C#C[Si](C(C)C)(C(C)C)C(C)C)cc4)[nH]3)[nH]2)cc1)(C(C)C)C(C)C. The standard InChI is InChI=1S/C51H61IN2O2Si2/c1-33(2)57(34(3)4,35(5)6)31-29-39-13-17-42(18-14-39)50(55)47-27-25-45(53-47)49(41-21-23-44(52)24-22-41)46-26-28-48(54-46)51(56)43-19-15-40(16-20-43)30-32-58(36(7)8,37(9)10)38(11)12/h13-28,33-38,49,53-54H,1-12H3. The summed E-state index contributed by atoms with van der Waals surface area (Å²) in [5.41, 5.74) is 17.8. The smallest absolute Gasteiger partial charge is 0.209 e. The average Bonchev–Trinajstić information content (AvgIpc) is 3.87. The van der Waals surface area contributed by atoms with Crippen molar-refractivity contribution in [3.63, 3.8) is 0 Å². The first-order valence-corrected chi connectivity index (χ1v) is 26.5. The maximum Gasteiger partial charge on any atom is 0.209 e. The van der Waals surface area contributed by atoms with Gasteiger partial charge in [-0.2, -0.15) is 0 Å². The lowest BCUT2D eigenvalue weighted by Crippen LogP contribution is -2.43. The summed E-state index contributed by atoms with van der Waals surface area (Å²) >= 11 is 2.31. The van der Waals surface area contributed by atoms with Crippen LogP contribution in [0, 0.1) is 26.5 Å². The first-order chi connectivity index (χ1) is 27.4. The average molecular weight is 917 g/mol. The molecule has 0 unspecified atom stereocenters. The van der Waals surface area contributed by atoms with E-state index < -0.39 is 16.1 Å². The van der Waals surface area contributed by atoms with Crippen LogP contribution in [0.5, 0.6) is 0 Å². The normalized spacial score (nSPS) is 12.1. The van der Waals surface area contributed by atoms with Gasteiger partial charge in [-0.1, -0.05) is 107 Å². The number of benzene rings is 3. The minimum absolute atomic E-state index is 0.0801. The molecule has 0 amide bonds. The summed E-state index contributed by atoms with van der Waals surface area (Å²) < 4.78 is 1.13. The Labute approximate surface area is 364 Å². The van der Waals surface area contributed by atoms with Crippen molar-refractivity contribution in [3.05, 3.63) is 151 Å². The van der Waals surface area contributed by atoms with Crippen LogP contribution in [0.2, 0.25) is 33.2 Å². The lowest BCUT2D eigenvalue weighted by Gasteiger charge is -2.38. The maximum absolute atomic E-state index is 13.8. The van der Waals surface area contributed by atoms with Crippen LogP contribution >= 0.6 is 22.6 Å². The lowest BCUT2D eigenvalue weighted by molar-refractivity contribution is 0.102. The third-order valence-corrected chi connectivity index (χ3v) is 25.9. The van der Waals surface area contributed by atoms with Crippen LogP contribution < -0.4 is 0 Å². The molecule has 58 heavy (non-hydrogen) atoms. The second-order valence-electron chi connectivity index (χ2n) is 17.7. The van der Waals surface area contributed by atoms with Gasteiger partial charge in [-0.25, -0.2) is 0 Å². The number of nitrogens with one attached hydrogen (secondary N) is 2. The summed E-state index contributed by atoms with van der Waals surface area (Å²) in [5, 5.41) is 0. The highest BCUT2D eigenvalue weighted by Gasteiger charge is 2.42. The van der Waals surface area contributed by atoms with E-state index in [0.29, 0.717) is 55.8 Å². The van der Waals surface area contributed by atoms with Crippen molar-refractivity contribution in [2.45, 2.75) is 122 Å². The number of carbonyl (C=O) groups excluding carboxylic acids is 2. The topological polar surface area (TPSA) is 65.7 Å². The van der Waals surface area contributed by atoms with Gasteiger partial charge < -0.3 is 9.97 Å². The predicted octanol–water partition coefficient (Wildman–Crippen LogP) is 13.7. The molecule has 3 aromatic carbocycles. The van der Waals surface area contributed by atoms with Crippen LogP contribution in [0.4, 0.5) is 0 Å². The fourth-order valence-electron chi connectivity index (χ4n) is 9.56. The fourth-order valence-corrected chi connectivity index (χ4v) is 20.4. The summed E-state index contributed by atoms with van der Waals surface area (Å²) in [6.45, 7) is 27.8. The van der Waals surface area contributed by atoms with E-state index in [0.717, 1.165) is 31.6 Å². The second-order valence-corrected chi connectivity index (χ2v) is 30.2. The Hall–Kier alpha value is -4.16. The molecule has 7 heteroatoms. The van der Waals surface area contributed by atoms with Crippen molar-refractivity contribution in [3.8, 4) is 22.9 Å². The fraction of sp³-hybridized carbons (Fsp3) is 0.373. The van der Waals surface area contributed by atoms with Crippen LogP contribution in [0.25, 0.3) is 0 Å². The summed E-state index contributed by atoms with van der Waals surface area (Å²) in [7, 11) is -3.73. The lowest BCUT2D eigenvalue weighted by atomic mass is 9.93. The van der Waals surface area contributed by atoms with Crippen LogP contribution in [0.3, 0.4) is 0 Å². The molecule has 302 valence electrons. The van der Waals surface area contributed by atoms with Crippen LogP contribution in [0.1, 0.15) is 149 Å². The van der Waals surface area contributed by atoms with Crippen LogP contribution in [-0.4, -0.2) is 37.7 Å². The zero-order valence-electron chi connectivity index (χ0n) is 36.5. The molecule has 0 saturated carbocycles. The highest BCUT2D eigenvalue weighted by atomic mass is 127. The van der Waals surface area contributed by atoms with E-state index in [2.05, 4.69) is 163 Å². The maximum atomic E-state index is 13.8. The molecule has 2 heterocycles. The molecule has 0 aliphatic heterocycles. The third-order valence-electron chi connectivity index (χ3n) is 12.6. The van der Waals surface area contributed by atoms with Crippen molar-refractivity contribution >= 4 is 50.3 Å². The zero-order chi connectivity index (χ0) is 42.5. The number of H-pyrrole nitrogens is 2. The Kier molecular flexibility index (Phi) is 14.6. The molecular weight excluding hydrogens is 856 g/mol. The molecule has 0 atom stereocenters. The molecule has 5 aromatic rings. The van der Waals surface area contributed by atoms with Gasteiger partial charge in [-0.05, 0) is 146 Å². The first-order valence-electron chi connectivity index (χ1n) is 20.9. The minimum Gasteiger partial charge on any atom is -0.355 e. The van der Waals surface area contributed by atoms with E-state index in [-0.39, 0.29) is 17.5 Å². The number of carbonyl (C=O) groups is 2. The quantitative estimate of drug-likeness (QED) is 0.0535. The number of halogens is 1. The van der Waals surface area contributed by atoms with Crippen molar-refractivity contribution in [1.82, 2.24) is 9.97 Å². The van der Waals surface area contributed by atoms with Crippen molar-refractivity contribution in [1.29, 1.82) is 0 Å². The minimum atomic E-state index is -1.87. The molecule has 0 radical (unpaired) electrons. The van der Waals surface area contributed by atoms with E-state index in [1.54, 1.807) is 0 Å². The van der Waals surface area contributed by atoms with Gasteiger partial charge in [0.25, 0.3) is 0 Å². The van der Waals surface area contributed by atoms with Crippen molar-refractivity contribution < 1.29 is 9.59 Å². The highest BCUT2D eigenvalue weighted by Crippen LogP contribution is 2.42. The number of aromatic amines is 2. The predicted molar refractivity (Wildman–Crippen MR) is 257 cm³/mol. The number of hydrogen-bond acceptors (Lipinski definition) is 2. The molecule has 0 fully saturated rings. The van der Waals surface area contributed by atoms with E-state index in [1.807, 2.05) is 72.8 Å². The van der Waals surface area contributed by atoms with Crippen molar-refractivity contribution in [2.75, 3.05) is 0 Å². The van der Waals surface area contributed by atoms with E-state index in [1.165, 1.54) is 0 Å². The molecule has 0 saturated heterocycles. The highest BCUT2D eigenvalue weighted by molar-refractivity contribution is 14.1. The molecular formula is C51H61IN2O2Si2.